The first-order valence-corrected chi connectivity index (χ1v) is 7.26. The number of carbonyl (C=O) groups excluding carboxylic acids is 1. The van der Waals surface area contributed by atoms with E-state index in [0.717, 1.165) is 5.69 Å². The highest BCUT2D eigenvalue weighted by molar-refractivity contribution is 7.98. The molecule has 0 bridgehead atoms. The third kappa shape index (κ3) is 3.60. The third-order valence-electron chi connectivity index (χ3n) is 2.39. The quantitative estimate of drug-likeness (QED) is 0.597. The minimum absolute atomic E-state index is 0.123. The summed E-state index contributed by atoms with van der Waals surface area (Å²) < 4.78 is 11.9. The average molecular weight is 296 g/mol. The van der Waals surface area contributed by atoms with Gasteiger partial charge in [0.2, 0.25) is 0 Å². The summed E-state index contributed by atoms with van der Waals surface area (Å²) in [4.78, 5) is 11.4. The van der Waals surface area contributed by atoms with E-state index < -0.39 is 5.97 Å². The minimum Gasteiger partial charge on any atom is -0.459 e. The molecule has 2 aromatic heterocycles. The minimum atomic E-state index is -0.601. The van der Waals surface area contributed by atoms with Gasteiger partial charge in [0.15, 0.2) is 0 Å². The zero-order valence-electron chi connectivity index (χ0n) is 11.6. The Morgan fingerprint density at radius 1 is 1.50 bits per heavy atom. The molecule has 20 heavy (non-hydrogen) atoms. The lowest BCUT2D eigenvalue weighted by Crippen LogP contribution is -2.04. The Balaban J connectivity index is 1.92. The standard InChI is InChI=1S/C12H16N4O3S/c1-4-18-11(17)10-13-14-12(19-10)20-7-9-5-6-16(15-9)8(2)3/h5-6,8H,4,7H2,1-3H3. The van der Waals surface area contributed by atoms with Crippen LogP contribution in [-0.2, 0) is 10.5 Å². The summed E-state index contributed by atoms with van der Waals surface area (Å²) in [5.41, 5.74) is 0.916. The fourth-order valence-electron chi connectivity index (χ4n) is 1.42. The third-order valence-corrected chi connectivity index (χ3v) is 3.24. The van der Waals surface area contributed by atoms with Crippen molar-refractivity contribution in [3.8, 4) is 0 Å². The lowest BCUT2D eigenvalue weighted by atomic mass is 10.4. The van der Waals surface area contributed by atoms with Crippen LogP contribution in [0.1, 0.15) is 43.2 Å². The number of hydrogen-bond acceptors (Lipinski definition) is 7. The molecule has 8 heteroatoms. The molecular formula is C12H16N4O3S. The van der Waals surface area contributed by atoms with Crippen molar-refractivity contribution in [1.82, 2.24) is 20.0 Å². The zero-order chi connectivity index (χ0) is 14.5. The van der Waals surface area contributed by atoms with Gasteiger partial charge in [0.1, 0.15) is 0 Å². The summed E-state index contributed by atoms with van der Waals surface area (Å²) in [7, 11) is 0. The van der Waals surface area contributed by atoms with Gasteiger partial charge in [0, 0.05) is 18.0 Å². The predicted molar refractivity (Wildman–Crippen MR) is 72.4 cm³/mol. The summed E-state index contributed by atoms with van der Waals surface area (Å²) in [6, 6.07) is 2.27. The molecule has 0 fully saturated rings. The van der Waals surface area contributed by atoms with Gasteiger partial charge >= 0.3 is 11.9 Å². The Hall–Kier alpha value is -1.83. The SMILES string of the molecule is CCOC(=O)c1nnc(SCc2ccn(C(C)C)n2)o1. The molecule has 0 saturated heterocycles. The van der Waals surface area contributed by atoms with Crippen LogP contribution in [0.25, 0.3) is 0 Å². The number of rotatable bonds is 6. The van der Waals surface area contributed by atoms with Crippen LogP contribution in [-0.4, -0.2) is 32.6 Å². The van der Waals surface area contributed by atoms with Crippen LogP contribution in [0, 0.1) is 0 Å². The van der Waals surface area contributed by atoms with E-state index in [2.05, 4.69) is 29.1 Å². The van der Waals surface area contributed by atoms with Crippen molar-refractivity contribution in [3.05, 3.63) is 23.8 Å². The number of aromatic nitrogens is 4. The van der Waals surface area contributed by atoms with Gasteiger partial charge in [-0.25, -0.2) is 4.79 Å². The summed E-state index contributed by atoms with van der Waals surface area (Å²) in [5.74, 6) is -0.123. The molecule has 0 amide bonds. The van der Waals surface area contributed by atoms with Crippen LogP contribution in [0.5, 0.6) is 0 Å². The van der Waals surface area contributed by atoms with E-state index in [-0.39, 0.29) is 12.5 Å². The largest absolute Gasteiger partial charge is 0.459 e. The lowest BCUT2D eigenvalue weighted by Gasteiger charge is -2.03. The fraction of sp³-hybridized carbons (Fsp3) is 0.500. The number of nitrogens with zero attached hydrogens (tertiary/aromatic N) is 4. The maximum Gasteiger partial charge on any atom is 0.396 e. The molecule has 0 spiro atoms. The Bertz CT molecular complexity index is 579. The highest BCUT2D eigenvalue weighted by Gasteiger charge is 2.16. The molecule has 7 nitrogen and oxygen atoms in total. The van der Waals surface area contributed by atoms with Crippen molar-refractivity contribution in [2.24, 2.45) is 0 Å². The van der Waals surface area contributed by atoms with Crippen molar-refractivity contribution in [2.75, 3.05) is 6.61 Å². The average Bonchev–Trinajstić information content (AvgIpc) is 3.06. The van der Waals surface area contributed by atoms with Gasteiger partial charge in [-0.05, 0) is 26.8 Å². The normalized spacial score (nSPS) is 11.0. The van der Waals surface area contributed by atoms with Crippen LogP contribution >= 0.6 is 11.8 Å². The second kappa shape index (κ2) is 6.56. The predicted octanol–water partition coefficient (Wildman–Crippen LogP) is 2.32. The number of hydrogen-bond donors (Lipinski definition) is 0. The highest BCUT2D eigenvalue weighted by Crippen LogP contribution is 2.21. The van der Waals surface area contributed by atoms with Gasteiger partial charge in [0.25, 0.3) is 5.22 Å². The smallest absolute Gasteiger partial charge is 0.396 e. The summed E-state index contributed by atoms with van der Waals surface area (Å²) in [5, 5.41) is 12.2. The molecule has 0 atom stereocenters. The summed E-state index contributed by atoms with van der Waals surface area (Å²) >= 11 is 1.33. The first kappa shape index (κ1) is 14.6. The van der Waals surface area contributed by atoms with Crippen LogP contribution < -0.4 is 0 Å². The molecule has 2 rings (SSSR count). The molecule has 0 aliphatic carbocycles. The highest BCUT2D eigenvalue weighted by atomic mass is 32.2. The second-order valence-electron chi connectivity index (χ2n) is 4.26. The van der Waals surface area contributed by atoms with Gasteiger partial charge in [0.05, 0.1) is 12.3 Å². The Morgan fingerprint density at radius 2 is 2.30 bits per heavy atom. The van der Waals surface area contributed by atoms with Gasteiger partial charge in [-0.15, -0.1) is 5.10 Å². The molecule has 0 aliphatic rings. The van der Waals surface area contributed by atoms with Crippen LogP contribution in [0.2, 0.25) is 0 Å². The van der Waals surface area contributed by atoms with Crippen molar-refractivity contribution in [1.29, 1.82) is 0 Å². The van der Waals surface area contributed by atoms with Crippen molar-refractivity contribution < 1.29 is 13.9 Å². The number of esters is 1. The number of ether oxygens (including phenoxy) is 1. The van der Waals surface area contributed by atoms with E-state index >= 15 is 0 Å². The van der Waals surface area contributed by atoms with E-state index in [1.165, 1.54) is 11.8 Å². The van der Waals surface area contributed by atoms with E-state index in [0.29, 0.717) is 17.0 Å². The molecule has 108 valence electrons. The lowest BCUT2D eigenvalue weighted by molar-refractivity contribution is 0.0475. The first-order valence-electron chi connectivity index (χ1n) is 6.27. The van der Waals surface area contributed by atoms with Gasteiger partial charge in [-0.3, -0.25) is 4.68 Å². The Kier molecular flexibility index (Phi) is 4.78. The molecule has 0 aromatic carbocycles. The van der Waals surface area contributed by atoms with Gasteiger partial charge in [-0.2, -0.15) is 5.10 Å². The fourth-order valence-corrected chi connectivity index (χ4v) is 2.08. The molecule has 0 saturated carbocycles. The number of thioether (sulfide) groups is 1. The molecule has 2 heterocycles. The summed E-state index contributed by atoms with van der Waals surface area (Å²) in [6.45, 7) is 6.12. The van der Waals surface area contributed by atoms with E-state index in [4.69, 9.17) is 9.15 Å². The van der Waals surface area contributed by atoms with Crippen LogP contribution in [0.4, 0.5) is 0 Å². The molecule has 0 aliphatic heterocycles. The van der Waals surface area contributed by atoms with Crippen molar-refractivity contribution in [3.63, 3.8) is 0 Å². The second-order valence-corrected chi connectivity index (χ2v) is 5.19. The van der Waals surface area contributed by atoms with Crippen LogP contribution in [0.3, 0.4) is 0 Å². The summed E-state index contributed by atoms with van der Waals surface area (Å²) in [6.07, 6.45) is 1.93. The maximum atomic E-state index is 11.4. The molecular weight excluding hydrogens is 280 g/mol. The topological polar surface area (TPSA) is 83.0 Å². The van der Waals surface area contributed by atoms with E-state index in [9.17, 15) is 4.79 Å². The molecule has 0 N–H and O–H groups in total. The van der Waals surface area contributed by atoms with Gasteiger partial charge in [-0.1, -0.05) is 16.9 Å². The Labute approximate surface area is 120 Å². The van der Waals surface area contributed by atoms with E-state index in [1.54, 1.807) is 6.92 Å². The molecule has 0 radical (unpaired) electrons. The maximum absolute atomic E-state index is 11.4. The van der Waals surface area contributed by atoms with Crippen LogP contribution in [0.15, 0.2) is 21.9 Å². The number of carbonyl (C=O) groups is 1. The molecule has 2 aromatic rings. The Morgan fingerprint density at radius 3 is 2.95 bits per heavy atom. The van der Waals surface area contributed by atoms with Crippen molar-refractivity contribution in [2.45, 2.75) is 37.8 Å². The monoisotopic (exact) mass is 296 g/mol. The molecule has 0 unspecified atom stereocenters. The van der Waals surface area contributed by atoms with Gasteiger partial charge < -0.3 is 9.15 Å². The van der Waals surface area contributed by atoms with E-state index in [1.807, 2.05) is 16.9 Å². The van der Waals surface area contributed by atoms with Crippen molar-refractivity contribution >= 4 is 17.7 Å². The zero-order valence-corrected chi connectivity index (χ0v) is 12.4. The first-order chi connectivity index (χ1) is 9.60.